The number of carbonyl (C=O) groups excluding carboxylic acids is 1. The predicted octanol–water partition coefficient (Wildman–Crippen LogP) is 1.14. The Hall–Kier alpha value is -3.20. The molecule has 0 aliphatic heterocycles. The fourth-order valence-corrected chi connectivity index (χ4v) is 2.46. The molecule has 0 fully saturated rings. The number of nitrogens with one attached hydrogen (secondary N) is 1. The van der Waals surface area contributed by atoms with E-state index >= 15 is 0 Å². The fourth-order valence-electron chi connectivity index (χ4n) is 2.46. The molecule has 0 bridgehead atoms. The Bertz CT molecular complexity index is 978. The van der Waals surface area contributed by atoms with Crippen LogP contribution in [-0.2, 0) is 16.1 Å². The van der Waals surface area contributed by atoms with Gasteiger partial charge in [0.15, 0.2) is 0 Å². The predicted molar refractivity (Wildman–Crippen MR) is 98.0 cm³/mol. The zero-order valence-electron chi connectivity index (χ0n) is 15.2. The SMILES string of the molecule is COCCCNC(=O)Cn1nc2c(Oc3ccc(C)cc3)nccn2c1=O. The summed E-state index contributed by atoms with van der Waals surface area (Å²) in [4.78, 5) is 28.6. The quantitative estimate of drug-likeness (QED) is 0.596. The molecule has 0 unspecified atom stereocenters. The number of aryl methyl sites for hydroxylation is 1. The van der Waals surface area contributed by atoms with Gasteiger partial charge in [0.25, 0.3) is 5.88 Å². The molecular formula is C18H21N5O4. The Morgan fingerprint density at radius 3 is 2.78 bits per heavy atom. The van der Waals surface area contributed by atoms with Crippen LogP contribution in [0.1, 0.15) is 12.0 Å². The monoisotopic (exact) mass is 371 g/mol. The number of amides is 1. The van der Waals surface area contributed by atoms with Crippen LogP contribution in [0.4, 0.5) is 0 Å². The van der Waals surface area contributed by atoms with E-state index in [9.17, 15) is 9.59 Å². The molecule has 3 rings (SSSR count). The lowest BCUT2D eigenvalue weighted by Gasteiger charge is -2.05. The van der Waals surface area contributed by atoms with Crippen LogP contribution >= 0.6 is 0 Å². The van der Waals surface area contributed by atoms with Crippen molar-refractivity contribution in [1.29, 1.82) is 0 Å². The van der Waals surface area contributed by atoms with Gasteiger partial charge in [-0.15, -0.1) is 5.10 Å². The summed E-state index contributed by atoms with van der Waals surface area (Å²) in [6.45, 7) is 2.82. The summed E-state index contributed by atoms with van der Waals surface area (Å²) < 4.78 is 13.1. The van der Waals surface area contributed by atoms with Gasteiger partial charge in [-0.05, 0) is 25.5 Å². The zero-order valence-corrected chi connectivity index (χ0v) is 15.2. The van der Waals surface area contributed by atoms with E-state index < -0.39 is 5.69 Å². The van der Waals surface area contributed by atoms with Crippen molar-refractivity contribution in [1.82, 2.24) is 24.5 Å². The van der Waals surface area contributed by atoms with Crippen molar-refractivity contribution in [3.8, 4) is 11.6 Å². The highest BCUT2D eigenvalue weighted by atomic mass is 16.5. The van der Waals surface area contributed by atoms with Gasteiger partial charge in [0.05, 0.1) is 0 Å². The number of fused-ring (bicyclic) bond motifs is 1. The van der Waals surface area contributed by atoms with Crippen LogP contribution in [0, 0.1) is 6.92 Å². The summed E-state index contributed by atoms with van der Waals surface area (Å²) in [7, 11) is 1.60. The first kappa shape index (κ1) is 18.6. The minimum Gasteiger partial charge on any atom is -0.436 e. The molecule has 9 nitrogen and oxygen atoms in total. The molecule has 0 atom stereocenters. The first-order valence-electron chi connectivity index (χ1n) is 8.53. The van der Waals surface area contributed by atoms with Crippen molar-refractivity contribution in [2.24, 2.45) is 0 Å². The summed E-state index contributed by atoms with van der Waals surface area (Å²) in [5.74, 6) is 0.474. The van der Waals surface area contributed by atoms with Crippen LogP contribution < -0.4 is 15.7 Å². The van der Waals surface area contributed by atoms with Gasteiger partial charge >= 0.3 is 5.69 Å². The first-order chi connectivity index (χ1) is 13.1. The van der Waals surface area contributed by atoms with Gasteiger partial charge in [0.1, 0.15) is 12.3 Å². The number of hydrogen-bond acceptors (Lipinski definition) is 6. The Morgan fingerprint density at radius 2 is 2.04 bits per heavy atom. The molecule has 142 valence electrons. The highest BCUT2D eigenvalue weighted by molar-refractivity contribution is 5.75. The van der Waals surface area contributed by atoms with Crippen molar-refractivity contribution in [2.75, 3.05) is 20.3 Å². The summed E-state index contributed by atoms with van der Waals surface area (Å²) in [6.07, 6.45) is 3.63. The first-order valence-corrected chi connectivity index (χ1v) is 8.53. The molecule has 1 N–H and O–H groups in total. The van der Waals surface area contributed by atoms with E-state index in [0.29, 0.717) is 25.3 Å². The number of benzene rings is 1. The second-order valence-corrected chi connectivity index (χ2v) is 5.98. The van der Waals surface area contributed by atoms with Gasteiger partial charge in [-0.1, -0.05) is 17.7 Å². The summed E-state index contributed by atoms with van der Waals surface area (Å²) in [6, 6.07) is 7.44. The van der Waals surface area contributed by atoms with Crippen LogP contribution in [0.5, 0.6) is 11.6 Å². The fraction of sp³-hybridized carbons (Fsp3) is 0.333. The Kier molecular flexibility index (Phi) is 5.82. The summed E-state index contributed by atoms with van der Waals surface area (Å²) in [5, 5.41) is 6.93. The normalized spacial score (nSPS) is 10.9. The second-order valence-electron chi connectivity index (χ2n) is 5.98. The zero-order chi connectivity index (χ0) is 19.2. The number of nitrogens with zero attached hydrogens (tertiary/aromatic N) is 4. The third-order valence-corrected chi connectivity index (χ3v) is 3.85. The minimum absolute atomic E-state index is 0.183. The van der Waals surface area contributed by atoms with E-state index in [0.717, 1.165) is 10.2 Å². The lowest BCUT2D eigenvalue weighted by atomic mass is 10.2. The molecule has 3 aromatic rings. The highest BCUT2D eigenvalue weighted by Gasteiger charge is 2.15. The molecular weight excluding hydrogens is 350 g/mol. The van der Waals surface area contributed by atoms with Crippen molar-refractivity contribution < 1.29 is 14.3 Å². The lowest BCUT2D eigenvalue weighted by molar-refractivity contribution is -0.121. The number of rotatable bonds is 8. The van der Waals surface area contributed by atoms with Crippen LogP contribution in [-0.4, -0.2) is 45.3 Å². The summed E-state index contributed by atoms with van der Waals surface area (Å²) in [5.41, 5.74) is 0.911. The van der Waals surface area contributed by atoms with E-state index in [1.807, 2.05) is 31.2 Å². The molecule has 27 heavy (non-hydrogen) atoms. The molecule has 0 spiro atoms. The molecule has 0 aliphatic carbocycles. The maximum absolute atomic E-state index is 12.5. The van der Waals surface area contributed by atoms with Gasteiger partial charge in [-0.25, -0.2) is 18.9 Å². The maximum Gasteiger partial charge on any atom is 0.351 e. The molecule has 1 amide bonds. The van der Waals surface area contributed by atoms with Crippen LogP contribution in [0.25, 0.3) is 5.65 Å². The van der Waals surface area contributed by atoms with Gasteiger partial charge < -0.3 is 14.8 Å². The largest absolute Gasteiger partial charge is 0.436 e. The van der Waals surface area contributed by atoms with E-state index in [4.69, 9.17) is 9.47 Å². The molecule has 2 aromatic heterocycles. The Morgan fingerprint density at radius 1 is 1.26 bits per heavy atom. The lowest BCUT2D eigenvalue weighted by Crippen LogP contribution is -2.33. The van der Waals surface area contributed by atoms with E-state index in [1.165, 1.54) is 16.8 Å². The van der Waals surface area contributed by atoms with Crippen molar-refractivity contribution in [3.05, 3.63) is 52.7 Å². The van der Waals surface area contributed by atoms with Crippen molar-refractivity contribution in [3.63, 3.8) is 0 Å². The Labute approximate surface area is 155 Å². The molecule has 2 heterocycles. The van der Waals surface area contributed by atoms with Crippen LogP contribution in [0.3, 0.4) is 0 Å². The van der Waals surface area contributed by atoms with Gasteiger partial charge in [0, 0.05) is 32.7 Å². The van der Waals surface area contributed by atoms with Crippen LogP contribution in [0.15, 0.2) is 41.5 Å². The minimum atomic E-state index is -0.437. The highest BCUT2D eigenvalue weighted by Crippen LogP contribution is 2.22. The number of carbonyl (C=O) groups is 1. The van der Waals surface area contributed by atoms with E-state index in [-0.39, 0.29) is 24.0 Å². The molecule has 9 heteroatoms. The summed E-state index contributed by atoms with van der Waals surface area (Å²) >= 11 is 0. The standard InChI is InChI=1S/C18H21N5O4/c1-13-4-6-14(7-5-13)27-17-16-21-23(18(25)22(16)10-9-20-17)12-15(24)19-8-3-11-26-2/h4-7,9-10H,3,8,11-12H2,1-2H3,(H,19,24). The van der Waals surface area contributed by atoms with Gasteiger partial charge in [-0.2, -0.15) is 0 Å². The molecule has 0 radical (unpaired) electrons. The number of hydrogen-bond donors (Lipinski definition) is 1. The smallest absolute Gasteiger partial charge is 0.351 e. The topological polar surface area (TPSA) is 99.8 Å². The number of aromatic nitrogens is 4. The molecule has 0 saturated heterocycles. The van der Waals surface area contributed by atoms with E-state index in [2.05, 4.69) is 15.4 Å². The van der Waals surface area contributed by atoms with Gasteiger partial charge in [0.2, 0.25) is 11.6 Å². The third kappa shape index (κ3) is 4.50. The van der Waals surface area contributed by atoms with Gasteiger partial charge in [-0.3, -0.25) is 4.79 Å². The van der Waals surface area contributed by atoms with Crippen molar-refractivity contribution >= 4 is 11.6 Å². The number of methoxy groups -OCH3 is 1. The average Bonchev–Trinajstić information content (AvgIpc) is 2.98. The van der Waals surface area contributed by atoms with Crippen molar-refractivity contribution in [2.45, 2.75) is 19.9 Å². The maximum atomic E-state index is 12.5. The molecule has 0 saturated carbocycles. The number of ether oxygens (including phenoxy) is 2. The molecule has 1 aromatic carbocycles. The second kappa shape index (κ2) is 8.45. The third-order valence-electron chi connectivity index (χ3n) is 3.85. The molecule has 0 aliphatic rings. The average molecular weight is 371 g/mol. The van der Waals surface area contributed by atoms with Crippen LogP contribution in [0.2, 0.25) is 0 Å². The van der Waals surface area contributed by atoms with E-state index in [1.54, 1.807) is 7.11 Å². The Balaban J connectivity index is 1.78.